The van der Waals surface area contributed by atoms with Gasteiger partial charge in [-0.1, -0.05) is 12.1 Å². The SMILES string of the molecule is O=C(CN1CCN(c2ccccc2F)C1=O)Nc1ccc2c(c1)OCO2. The molecule has 2 aromatic rings. The third-order valence-electron chi connectivity index (χ3n) is 4.23. The molecule has 2 aromatic carbocycles. The lowest BCUT2D eigenvalue weighted by molar-refractivity contribution is -0.116. The van der Waals surface area contributed by atoms with Gasteiger partial charge in [0.2, 0.25) is 12.7 Å². The highest BCUT2D eigenvalue weighted by molar-refractivity contribution is 5.99. The van der Waals surface area contributed by atoms with Crippen LogP contribution in [0.2, 0.25) is 0 Å². The van der Waals surface area contributed by atoms with Crippen molar-refractivity contribution in [1.82, 2.24) is 4.90 Å². The Morgan fingerprint density at radius 2 is 1.92 bits per heavy atom. The Balaban J connectivity index is 1.39. The first-order valence-corrected chi connectivity index (χ1v) is 8.12. The summed E-state index contributed by atoms with van der Waals surface area (Å²) in [6.45, 7) is 0.720. The Bertz CT molecular complexity index is 873. The van der Waals surface area contributed by atoms with Gasteiger partial charge in [0.1, 0.15) is 12.4 Å². The number of carbonyl (C=O) groups is 2. The molecule has 0 bridgehead atoms. The molecule has 1 N–H and O–H groups in total. The number of nitrogens with zero attached hydrogens (tertiary/aromatic N) is 2. The van der Waals surface area contributed by atoms with Gasteiger partial charge >= 0.3 is 6.03 Å². The van der Waals surface area contributed by atoms with E-state index in [-0.39, 0.29) is 24.9 Å². The van der Waals surface area contributed by atoms with Gasteiger partial charge in [-0.3, -0.25) is 9.69 Å². The Morgan fingerprint density at radius 1 is 1.12 bits per heavy atom. The molecule has 2 aliphatic rings. The van der Waals surface area contributed by atoms with Crippen molar-refractivity contribution in [3.63, 3.8) is 0 Å². The summed E-state index contributed by atoms with van der Waals surface area (Å²) < 4.78 is 24.4. The third-order valence-corrected chi connectivity index (χ3v) is 4.23. The van der Waals surface area contributed by atoms with Crippen LogP contribution in [0.15, 0.2) is 42.5 Å². The minimum Gasteiger partial charge on any atom is -0.454 e. The zero-order valence-corrected chi connectivity index (χ0v) is 13.8. The Labute approximate surface area is 148 Å². The number of hydrogen-bond acceptors (Lipinski definition) is 4. The first-order chi connectivity index (χ1) is 12.6. The summed E-state index contributed by atoms with van der Waals surface area (Å²) in [5.74, 6) is 0.379. The molecule has 0 saturated carbocycles. The van der Waals surface area contributed by atoms with E-state index in [9.17, 15) is 14.0 Å². The number of rotatable bonds is 4. The number of urea groups is 1. The van der Waals surface area contributed by atoms with E-state index < -0.39 is 11.8 Å². The van der Waals surface area contributed by atoms with Gasteiger partial charge in [-0.2, -0.15) is 0 Å². The van der Waals surface area contributed by atoms with Crippen LogP contribution >= 0.6 is 0 Å². The quantitative estimate of drug-likeness (QED) is 0.912. The van der Waals surface area contributed by atoms with Crippen LogP contribution < -0.4 is 19.7 Å². The lowest BCUT2D eigenvalue weighted by Crippen LogP contribution is -2.37. The lowest BCUT2D eigenvalue weighted by atomic mass is 10.2. The summed E-state index contributed by atoms with van der Waals surface area (Å²) in [7, 11) is 0. The fourth-order valence-corrected chi connectivity index (χ4v) is 2.97. The number of ether oxygens (including phenoxy) is 2. The van der Waals surface area contributed by atoms with Crippen LogP contribution in [-0.2, 0) is 4.79 Å². The maximum atomic E-state index is 13.9. The number of halogens is 1. The maximum absolute atomic E-state index is 13.9. The molecule has 0 aromatic heterocycles. The molecular weight excluding hydrogens is 341 g/mol. The lowest BCUT2D eigenvalue weighted by Gasteiger charge is -2.18. The van der Waals surface area contributed by atoms with E-state index in [1.54, 1.807) is 36.4 Å². The number of benzene rings is 2. The molecule has 7 nitrogen and oxygen atoms in total. The van der Waals surface area contributed by atoms with Crippen molar-refractivity contribution in [2.75, 3.05) is 36.6 Å². The second kappa shape index (κ2) is 6.55. The van der Waals surface area contributed by atoms with Gasteiger partial charge in [-0.05, 0) is 24.3 Å². The van der Waals surface area contributed by atoms with Crippen molar-refractivity contribution >= 4 is 23.3 Å². The molecule has 2 aliphatic heterocycles. The van der Waals surface area contributed by atoms with Crippen LogP contribution in [0.1, 0.15) is 0 Å². The molecule has 0 radical (unpaired) electrons. The van der Waals surface area contributed by atoms with Crippen LogP contribution in [0.25, 0.3) is 0 Å². The molecule has 1 saturated heterocycles. The second-order valence-electron chi connectivity index (χ2n) is 5.92. The summed E-state index contributed by atoms with van der Waals surface area (Å²) in [6, 6.07) is 10.8. The third kappa shape index (κ3) is 3.01. The van der Waals surface area contributed by atoms with Gasteiger partial charge in [0.25, 0.3) is 0 Å². The van der Waals surface area contributed by atoms with E-state index in [0.29, 0.717) is 30.3 Å². The molecule has 134 valence electrons. The molecule has 1 fully saturated rings. The number of carbonyl (C=O) groups excluding carboxylic acids is 2. The van der Waals surface area contributed by atoms with E-state index in [2.05, 4.69) is 5.32 Å². The highest BCUT2D eigenvalue weighted by Crippen LogP contribution is 2.34. The highest BCUT2D eigenvalue weighted by atomic mass is 19.1. The highest BCUT2D eigenvalue weighted by Gasteiger charge is 2.32. The standard InChI is InChI=1S/C18H16FN3O4/c19-13-3-1-2-4-14(13)22-8-7-21(18(22)24)10-17(23)20-12-5-6-15-16(9-12)26-11-25-15/h1-6,9H,7-8,10-11H2,(H,20,23). The average Bonchev–Trinajstić information content (AvgIpc) is 3.22. The zero-order valence-electron chi connectivity index (χ0n) is 13.8. The maximum Gasteiger partial charge on any atom is 0.325 e. The fraction of sp³-hybridized carbons (Fsp3) is 0.222. The van der Waals surface area contributed by atoms with Gasteiger partial charge in [-0.25, -0.2) is 9.18 Å². The Morgan fingerprint density at radius 3 is 2.77 bits per heavy atom. The van der Waals surface area contributed by atoms with Crippen molar-refractivity contribution in [2.45, 2.75) is 0 Å². The smallest absolute Gasteiger partial charge is 0.325 e. The zero-order chi connectivity index (χ0) is 18.1. The van der Waals surface area contributed by atoms with Gasteiger partial charge in [0.15, 0.2) is 11.5 Å². The van der Waals surface area contributed by atoms with Crippen LogP contribution in [-0.4, -0.2) is 43.3 Å². The first kappa shape index (κ1) is 16.2. The first-order valence-electron chi connectivity index (χ1n) is 8.12. The summed E-state index contributed by atoms with van der Waals surface area (Å²) in [4.78, 5) is 27.4. The van der Waals surface area contributed by atoms with E-state index in [0.717, 1.165) is 0 Å². The molecule has 0 atom stereocenters. The predicted octanol–water partition coefficient (Wildman–Crippen LogP) is 2.44. The number of hydrogen-bond donors (Lipinski definition) is 1. The predicted molar refractivity (Wildman–Crippen MR) is 91.9 cm³/mol. The molecule has 4 rings (SSSR count). The summed E-state index contributed by atoms with van der Waals surface area (Å²) in [6.07, 6.45) is 0. The van der Waals surface area contributed by atoms with E-state index in [1.807, 2.05) is 0 Å². The number of fused-ring (bicyclic) bond motifs is 1. The summed E-state index contributed by atoms with van der Waals surface area (Å²) in [5, 5.41) is 2.72. The van der Waals surface area contributed by atoms with Crippen molar-refractivity contribution in [3.05, 3.63) is 48.3 Å². The van der Waals surface area contributed by atoms with Crippen molar-refractivity contribution in [2.24, 2.45) is 0 Å². The molecule has 0 unspecified atom stereocenters. The molecule has 0 aliphatic carbocycles. The van der Waals surface area contributed by atoms with Crippen LogP contribution in [0.3, 0.4) is 0 Å². The molecule has 3 amide bonds. The number of nitrogens with one attached hydrogen (secondary N) is 1. The monoisotopic (exact) mass is 357 g/mol. The molecule has 26 heavy (non-hydrogen) atoms. The van der Waals surface area contributed by atoms with E-state index in [1.165, 1.54) is 15.9 Å². The van der Waals surface area contributed by atoms with Crippen molar-refractivity contribution in [3.8, 4) is 11.5 Å². The minimum atomic E-state index is -0.465. The second-order valence-corrected chi connectivity index (χ2v) is 5.92. The Hall–Kier alpha value is -3.29. The summed E-state index contributed by atoms with van der Waals surface area (Å²) >= 11 is 0. The number of anilines is 2. The van der Waals surface area contributed by atoms with Gasteiger partial charge in [-0.15, -0.1) is 0 Å². The molecule has 8 heteroatoms. The average molecular weight is 357 g/mol. The van der Waals surface area contributed by atoms with Crippen LogP contribution in [0.4, 0.5) is 20.6 Å². The van der Waals surface area contributed by atoms with E-state index >= 15 is 0 Å². The largest absolute Gasteiger partial charge is 0.454 e. The number of para-hydroxylation sites is 1. The van der Waals surface area contributed by atoms with E-state index in [4.69, 9.17) is 9.47 Å². The molecule has 0 spiro atoms. The van der Waals surface area contributed by atoms with Gasteiger partial charge < -0.3 is 19.7 Å². The summed E-state index contributed by atoms with van der Waals surface area (Å²) in [5.41, 5.74) is 0.771. The molecular formula is C18H16FN3O4. The fourth-order valence-electron chi connectivity index (χ4n) is 2.97. The topological polar surface area (TPSA) is 71.1 Å². The van der Waals surface area contributed by atoms with Crippen LogP contribution in [0, 0.1) is 5.82 Å². The number of amides is 3. The molecule has 2 heterocycles. The van der Waals surface area contributed by atoms with Crippen LogP contribution in [0.5, 0.6) is 11.5 Å². The van der Waals surface area contributed by atoms with Crippen molar-refractivity contribution in [1.29, 1.82) is 0 Å². The minimum absolute atomic E-state index is 0.113. The Kier molecular flexibility index (Phi) is 4.08. The van der Waals surface area contributed by atoms with Gasteiger partial charge in [0.05, 0.1) is 5.69 Å². The van der Waals surface area contributed by atoms with Gasteiger partial charge in [0, 0.05) is 24.8 Å². The normalized spacial score (nSPS) is 15.5. The van der Waals surface area contributed by atoms with Crippen molar-refractivity contribution < 1.29 is 23.5 Å².